The van der Waals surface area contributed by atoms with Gasteiger partial charge < -0.3 is 10.4 Å². The number of hydrogen-bond acceptors (Lipinski definition) is 3. The number of fused-ring (bicyclic) bond motifs is 1. The molecule has 0 aliphatic heterocycles. The predicted octanol–water partition coefficient (Wildman–Crippen LogP) is 3.12. The van der Waals surface area contributed by atoms with Crippen molar-refractivity contribution in [2.45, 2.75) is 44.9 Å². The SMILES string of the molecule is O=C(O)c1cc2c(nc1NCC(C1CC1)C1CC1)CCC2. The number of carboxylic acid groups (broad SMARTS) is 1. The summed E-state index contributed by atoms with van der Waals surface area (Å²) in [5.74, 6) is 2.19. The van der Waals surface area contributed by atoms with Crippen molar-refractivity contribution in [2.75, 3.05) is 11.9 Å². The first-order valence-electron chi connectivity index (χ1n) is 8.22. The largest absolute Gasteiger partial charge is 0.478 e. The first kappa shape index (κ1) is 13.1. The summed E-state index contributed by atoms with van der Waals surface area (Å²) in [6.45, 7) is 0.890. The van der Waals surface area contributed by atoms with Crippen LogP contribution in [0.2, 0.25) is 0 Å². The second-order valence-corrected chi connectivity index (χ2v) is 6.87. The number of anilines is 1. The molecule has 0 saturated heterocycles. The summed E-state index contributed by atoms with van der Waals surface area (Å²) >= 11 is 0. The Bertz CT molecular complexity index is 564. The van der Waals surface area contributed by atoms with Crippen molar-refractivity contribution >= 4 is 11.8 Å². The Hall–Kier alpha value is -1.58. The number of carboxylic acids is 1. The van der Waals surface area contributed by atoms with Gasteiger partial charge in [0.1, 0.15) is 11.4 Å². The number of aromatic nitrogens is 1. The van der Waals surface area contributed by atoms with Crippen LogP contribution in [-0.4, -0.2) is 22.6 Å². The lowest BCUT2D eigenvalue weighted by atomic mass is 9.98. The van der Waals surface area contributed by atoms with Crippen LogP contribution < -0.4 is 5.32 Å². The fourth-order valence-corrected chi connectivity index (χ4v) is 3.75. The Labute approximate surface area is 125 Å². The maximum Gasteiger partial charge on any atom is 0.339 e. The molecule has 0 radical (unpaired) electrons. The van der Waals surface area contributed by atoms with Crippen LogP contribution in [0.1, 0.15) is 53.7 Å². The van der Waals surface area contributed by atoms with E-state index in [-0.39, 0.29) is 0 Å². The van der Waals surface area contributed by atoms with E-state index in [0.29, 0.717) is 11.4 Å². The van der Waals surface area contributed by atoms with Gasteiger partial charge in [0.25, 0.3) is 0 Å². The Morgan fingerprint density at radius 2 is 2.00 bits per heavy atom. The van der Waals surface area contributed by atoms with Crippen LogP contribution in [0.15, 0.2) is 6.07 Å². The van der Waals surface area contributed by atoms with Crippen LogP contribution in [0.3, 0.4) is 0 Å². The summed E-state index contributed by atoms with van der Waals surface area (Å²) in [6, 6.07) is 1.84. The van der Waals surface area contributed by atoms with Crippen molar-refractivity contribution in [1.29, 1.82) is 0 Å². The first-order chi connectivity index (χ1) is 10.2. The quantitative estimate of drug-likeness (QED) is 0.843. The average molecular weight is 286 g/mol. The molecule has 0 amide bonds. The van der Waals surface area contributed by atoms with Gasteiger partial charge in [0.2, 0.25) is 0 Å². The third-order valence-electron chi connectivity index (χ3n) is 5.24. The molecule has 0 bridgehead atoms. The van der Waals surface area contributed by atoms with Crippen LogP contribution in [0.25, 0.3) is 0 Å². The van der Waals surface area contributed by atoms with E-state index in [0.717, 1.165) is 54.8 Å². The van der Waals surface area contributed by atoms with E-state index in [1.807, 2.05) is 6.07 Å². The van der Waals surface area contributed by atoms with E-state index < -0.39 is 5.97 Å². The molecule has 3 aliphatic rings. The van der Waals surface area contributed by atoms with E-state index in [4.69, 9.17) is 0 Å². The normalized spacial score (nSPS) is 20.6. The molecule has 2 fully saturated rings. The van der Waals surface area contributed by atoms with Crippen molar-refractivity contribution in [3.8, 4) is 0 Å². The van der Waals surface area contributed by atoms with Crippen LogP contribution in [0.5, 0.6) is 0 Å². The van der Waals surface area contributed by atoms with Gasteiger partial charge in [0.15, 0.2) is 0 Å². The monoisotopic (exact) mass is 286 g/mol. The van der Waals surface area contributed by atoms with Crippen LogP contribution in [0.4, 0.5) is 5.82 Å². The fraction of sp³-hybridized carbons (Fsp3) is 0.647. The van der Waals surface area contributed by atoms with E-state index in [1.54, 1.807) is 0 Å². The Balaban J connectivity index is 1.54. The van der Waals surface area contributed by atoms with Crippen molar-refractivity contribution in [3.05, 3.63) is 22.9 Å². The topological polar surface area (TPSA) is 62.2 Å². The number of hydrogen-bond donors (Lipinski definition) is 2. The number of aromatic carboxylic acids is 1. The molecule has 2 saturated carbocycles. The molecule has 112 valence electrons. The molecule has 3 aliphatic carbocycles. The molecule has 21 heavy (non-hydrogen) atoms. The molecule has 0 aromatic carbocycles. The highest BCUT2D eigenvalue weighted by atomic mass is 16.4. The molecule has 0 unspecified atom stereocenters. The standard InChI is InChI=1S/C17H22N2O2/c20-17(21)13-8-12-2-1-3-15(12)19-16(13)18-9-14(10-4-5-10)11-6-7-11/h8,10-11,14H,1-7,9H2,(H,18,19)(H,20,21). The minimum atomic E-state index is -0.867. The number of carbonyl (C=O) groups is 1. The molecular weight excluding hydrogens is 264 g/mol. The van der Waals surface area contributed by atoms with Crippen molar-refractivity contribution in [3.63, 3.8) is 0 Å². The fourth-order valence-electron chi connectivity index (χ4n) is 3.75. The van der Waals surface area contributed by atoms with Crippen LogP contribution in [0, 0.1) is 17.8 Å². The molecule has 1 heterocycles. The number of aryl methyl sites for hydroxylation is 2. The minimum Gasteiger partial charge on any atom is -0.478 e. The second kappa shape index (κ2) is 5.00. The van der Waals surface area contributed by atoms with Crippen LogP contribution in [-0.2, 0) is 12.8 Å². The Kier molecular flexibility index (Phi) is 3.12. The molecule has 4 nitrogen and oxygen atoms in total. The summed E-state index contributed by atoms with van der Waals surface area (Å²) < 4.78 is 0. The summed E-state index contributed by atoms with van der Waals surface area (Å²) in [7, 11) is 0. The lowest BCUT2D eigenvalue weighted by Crippen LogP contribution is -2.20. The summed E-state index contributed by atoms with van der Waals surface area (Å²) in [5.41, 5.74) is 2.57. The zero-order chi connectivity index (χ0) is 14.4. The van der Waals surface area contributed by atoms with Gasteiger partial charge in [-0.25, -0.2) is 9.78 Å². The Morgan fingerprint density at radius 3 is 2.62 bits per heavy atom. The summed E-state index contributed by atoms with van der Waals surface area (Å²) in [4.78, 5) is 16.1. The minimum absolute atomic E-state index is 0.348. The maximum atomic E-state index is 11.5. The van der Waals surface area contributed by atoms with Crippen LogP contribution >= 0.6 is 0 Å². The highest BCUT2D eigenvalue weighted by Crippen LogP contribution is 2.49. The molecule has 4 rings (SSSR count). The zero-order valence-corrected chi connectivity index (χ0v) is 12.3. The number of nitrogens with one attached hydrogen (secondary N) is 1. The van der Waals surface area contributed by atoms with Gasteiger partial charge in [0, 0.05) is 12.2 Å². The third-order valence-corrected chi connectivity index (χ3v) is 5.24. The molecule has 2 N–H and O–H groups in total. The molecule has 0 atom stereocenters. The third kappa shape index (κ3) is 2.63. The molecule has 1 aromatic rings. The van der Waals surface area contributed by atoms with Crippen molar-refractivity contribution in [1.82, 2.24) is 4.98 Å². The van der Waals surface area contributed by atoms with Crippen molar-refractivity contribution < 1.29 is 9.90 Å². The van der Waals surface area contributed by atoms with Gasteiger partial charge in [-0.1, -0.05) is 0 Å². The lowest BCUT2D eigenvalue weighted by Gasteiger charge is -2.18. The molecular formula is C17H22N2O2. The number of nitrogens with zero attached hydrogens (tertiary/aromatic N) is 1. The molecule has 0 spiro atoms. The highest BCUT2D eigenvalue weighted by molar-refractivity contribution is 5.93. The highest BCUT2D eigenvalue weighted by Gasteiger charge is 2.41. The average Bonchev–Trinajstić information content (AvgIpc) is 3.37. The van der Waals surface area contributed by atoms with Gasteiger partial charge in [-0.2, -0.15) is 0 Å². The van der Waals surface area contributed by atoms with E-state index in [9.17, 15) is 9.90 Å². The van der Waals surface area contributed by atoms with Gasteiger partial charge >= 0.3 is 5.97 Å². The van der Waals surface area contributed by atoms with Gasteiger partial charge in [-0.05, 0) is 74.3 Å². The molecule has 4 heteroatoms. The predicted molar refractivity (Wildman–Crippen MR) is 80.6 cm³/mol. The van der Waals surface area contributed by atoms with Gasteiger partial charge in [-0.15, -0.1) is 0 Å². The van der Waals surface area contributed by atoms with E-state index in [1.165, 1.54) is 25.7 Å². The van der Waals surface area contributed by atoms with Gasteiger partial charge in [-0.3, -0.25) is 0 Å². The van der Waals surface area contributed by atoms with E-state index >= 15 is 0 Å². The Morgan fingerprint density at radius 1 is 1.29 bits per heavy atom. The second-order valence-electron chi connectivity index (χ2n) is 6.87. The maximum absolute atomic E-state index is 11.5. The zero-order valence-electron chi connectivity index (χ0n) is 12.3. The van der Waals surface area contributed by atoms with Crippen molar-refractivity contribution in [2.24, 2.45) is 17.8 Å². The summed E-state index contributed by atoms with van der Waals surface area (Å²) in [6.07, 6.45) is 8.46. The van der Waals surface area contributed by atoms with E-state index in [2.05, 4.69) is 10.3 Å². The van der Waals surface area contributed by atoms with Gasteiger partial charge in [0.05, 0.1) is 0 Å². The smallest absolute Gasteiger partial charge is 0.339 e. The number of rotatable bonds is 6. The molecule has 1 aromatic heterocycles. The lowest BCUT2D eigenvalue weighted by molar-refractivity contribution is 0.0697. The summed E-state index contributed by atoms with van der Waals surface area (Å²) in [5, 5.41) is 12.8. The number of pyridine rings is 1. The first-order valence-corrected chi connectivity index (χ1v) is 8.22.